The molecule has 3 heterocycles. The van der Waals surface area contributed by atoms with Crippen LogP contribution in [0.4, 0.5) is 0 Å². The number of hydrogen-bond donors (Lipinski definition) is 1. The quantitative estimate of drug-likeness (QED) is 0.754. The van der Waals surface area contributed by atoms with E-state index in [2.05, 4.69) is 51.5 Å². The number of aromatic nitrogens is 2. The number of nitrogens with one attached hydrogen (secondary N) is 1. The summed E-state index contributed by atoms with van der Waals surface area (Å²) in [7, 11) is 1.98. The highest BCUT2D eigenvalue weighted by Gasteiger charge is 2.14. The van der Waals surface area contributed by atoms with Crippen molar-refractivity contribution >= 4 is 22.7 Å². The summed E-state index contributed by atoms with van der Waals surface area (Å²) < 4.78 is 1.92. The summed E-state index contributed by atoms with van der Waals surface area (Å²) >= 11 is 3.64. The van der Waals surface area contributed by atoms with Crippen LogP contribution in [0.25, 0.3) is 0 Å². The van der Waals surface area contributed by atoms with Gasteiger partial charge in [-0.15, -0.1) is 22.7 Å². The zero-order valence-corrected chi connectivity index (χ0v) is 13.0. The zero-order chi connectivity index (χ0) is 13.8. The molecule has 20 heavy (non-hydrogen) atoms. The summed E-state index contributed by atoms with van der Waals surface area (Å²) in [6, 6.07) is 11.1. The van der Waals surface area contributed by atoms with E-state index in [9.17, 15) is 0 Å². The van der Waals surface area contributed by atoms with Crippen molar-refractivity contribution in [1.82, 2.24) is 15.1 Å². The van der Waals surface area contributed by atoms with Crippen LogP contribution in [-0.4, -0.2) is 9.78 Å². The molecule has 3 aromatic heterocycles. The number of aryl methyl sites for hydroxylation is 1. The van der Waals surface area contributed by atoms with Crippen molar-refractivity contribution < 1.29 is 0 Å². The molecule has 3 nitrogen and oxygen atoms in total. The van der Waals surface area contributed by atoms with Crippen molar-refractivity contribution in [3.63, 3.8) is 0 Å². The van der Waals surface area contributed by atoms with Gasteiger partial charge in [-0.25, -0.2) is 0 Å². The Morgan fingerprint density at radius 2 is 2.05 bits per heavy atom. The van der Waals surface area contributed by atoms with Crippen LogP contribution < -0.4 is 5.32 Å². The predicted molar refractivity (Wildman–Crippen MR) is 85.1 cm³/mol. The van der Waals surface area contributed by atoms with E-state index in [1.54, 1.807) is 0 Å². The summed E-state index contributed by atoms with van der Waals surface area (Å²) in [4.78, 5) is 2.81. The fraction of sp³-hybridized carbons (Fsp3) is 0.267. The normalized spacial score (nSPS) is 12.7. The van der Waals surface area contributed by atoms with E-state index in [4.69, 9.17) is 0 Å². The highest BCUT2D eigenvalue weighted by molar-refractivity contribution is 7.10. The molecule has 1 atom stereocenters. The molecular formula is C15H17N3S2. The van der Waals surface area contributed by atoms with Gasteiger partial charge in [0.1, 0.15) is 0 Å². The molecule has 0 saturated heterocycles. The van der Waals surface area contributed by atoms with Gasteiger partial charge in [-0.05, 0) is 29.0 Å². The lowest BCUT2D eigenvalue weighted by atomic mass is 10.1. The Labute approximate surface area is 126 Å². The Balaban J connectivity index is 1.71. The summed E-state index contributed by atoms with van der Waals surface area (Å²) in [6.45, 7) is 0.838. The van der Waals surface area contributed by atoms with E-state index in [0.29, 0.717) is 6.04 Å². The molecule has 0 aliphatic carbocycles. The topological polar surface area (TPSA) is 29.9 Å². The van der Waals surface area contributed by atoms with Crippen LogP contribution in [-0.2, 0) is 20.0 Å². The molecule has 0 aliphatic rings. The third kappa shape index (κ3) is 3.17. The first-order valence-corrected chi connectivity index (χ1v) is 8.35. The lowest BCUT2D eigenvalue weighted by Crippen LogP contribution is -2.23. The maximum atomic E-state index is 4.21. The van der Waals surface area contributed by atoms with Crippen LogP contribution in [0.5, 0.6) is 0 Å². The minimum Gasteiger partial charge on any atom is -0.303 e. The number of thiophene rings is 2. The molecule has 1 unspecified atom stereocenters. The van der Waals surface area contributed by atoms with Crippen molar-refractivity contribution in [1.29, 1.82) is 0 Å². The first-order valence-electron chi connectivity index (χ1n) is 6.59. The fourth-order valence-corrected chi connectivity index (χ4v) is 3.75. The molecule has 0 spiro atoms. The maximum Gasteiger partial charge on any atom is 0.0518 e. The molecule has 3 aromatic rings. The van der Waals surface area contributed by atoms with Gasteiger partial charge in [-0.1, -0.05) is 12.1 Å². The van der Waals surface area contributed by atoms with Crippen molar-refractivity contribution in [2.45, 2.75) is 19.0 Å². The summed E-state index contributed by atoms with van der Waals surface area (Å²) in [5.41, 5.74) is 1.21. The van der Waals surface area contributed by atoms with Crippen LogP contribution in [0.15, 0.2) is 47.3 Å². The molecule has 104 valence electrons. The lowest BCUT2D eigenvalue weighted by Gasteiger charge is -2.17. The third-order valence-electron chi connectivity index (χ3n) is 3.32. The van der Waals surface area contributed by atoms with E-state index in [1.807, 2.05) is 40.6 Å². The fourth-order valence-electron chi connectivity index (χ4n) is 2.20. The Bertz CT molecular complexity index is 626. The Morgan fingerprint density at radius 1 is 1.20 bits per heavy atom. The summed E-state index contributed by atoms with van der Waals surface area (Å²) in [6.07, 6.45) is 2.88. The minimum atomic E-state index is 0.364. The van der Waals surface area contributed by atoms with E-state index >= 15 is 0 Å². The van der Waals surface area contributed by atoms with E-state index in [1.165, 1.54) is 15.4 Å². The molecule has 0 saturated carbocycles. The van der Waals surface area contributed by atoms with Gasteiger partial charge in [0.15, 0.2) is 0 Å². The molecule has 0 aliphatic heterocycles. The number of nitrogens with zero attached hydrogens (tertiary/aromatic N) is 2. The highest BCUT2D eigenvalue weighted by atomic mass is 32.1. The molecule has 3 rings (SSSR count). The average molecular weight is 303 g/mol. The maximum absolute atomic E-state index is 4.21. The van der Waals surface area contributed by atoms with Crippen LogP contribution in [0.2, 0.25) is 0 Å². The SMILES string of the molecule is Cn1nccc1CNC(Cc1cccs1)c1cccs1. The predicted octanol–water partition coefficient (Wildman–Crippen LogP) is 3.62. The Hall–Kier alpha value is -1.43. The Morgan fingerprint density at radius 3 is 2.70 bits per heavy atom. The van der Waals surface area contributed by atoms with Crippen molar-refractivity contribution in [2.75, 3.05) is 0 Å². The molecule has 0 bridgehead atoms. The molecule has 1 N–H and O–H groups in total. The molecule has 0 radical (unpaired) electrons. The van der Waals surface area contributed by atoms with Gasteiger partial charge in [0.05, 0.1) is 5.69 Å². The smallest absolute Gasteiger partial charge is 0.0518 e. The van der Waals surface area contributed by atoms with Crippen molar-refractivity contribution in [2.24, 2.45) is 7.05 Å². The lowest BCUT2D eigenvalue weighted by molar-refractivity contribution is 0.521. The largest absolute Gasteiger partial charge is 0.303 e. The molecule has 0 amide bonds. The van der Waals surface area contributed by atoms with Gasteiger partial charge in [0.25, 0.3) is 0 Å². The van der Waals surface area contributed by atoms with Crippen molar-refractivity contribution in [3.05, 3.63) is 62.7 Å². The molecular weight excluding hydrogens is 286 g/mol. The number of rotatable bonds is 6. The molecule has 0 fully saturated rings. The first-order chi connectivity index (χ1) is 9.83. The summed E-state index contributed by atoms with van der Waals surface area (Å²) in [5, 5.41) is 12.2. The first kappa shape index (κ1) is 13.5. The van der Waals surface area contributed by atoms with Crippen LogP contribution in [0.1, 0.15) is 21.5 Å². The van der Waals surface area contributed by atoms with Crippen LogP contribution >= 0.6 is 22.7 Å². The average Bonchev–Trinajstić information content (AvgIpc) is 3.18. The zero-order valence-electron chi connectivity index (χ0n) is 11.3. The second-order valence-electron chi connectivity index (χ2n) is 4.68. The van der Waals surface area contributed by atoms with E-state index in [0.717, 1.165) is 13.0 Å². The highest BCUT2D eigenvalue weighted by Crippen LogP contribution is 2.25. The molecule has 5 heteroatoms. The van der Waals surface area contributed by atoms with Gasteiger partial charge in [0.2, 0.25) is 0 Å². The van der Waals surface area contributed by atoms with Gasteiger partial charge in [0, 0.05) is 42.0 Å². The van der Waals surface area contributed by atoms with E-state index in [-0.39, 0.29) is 0 Å². The van der Waals surface area contributed by atoms with Gasteiger partial charge in [-0.2, -0.15) is 5.10 Å². The monoisotopic (exact) mass is 303 g/mol. The summed E-state index contributed by atoms with van der Waals surface area (Å²) in [5.74, 6) is 0. The molecule has 0 aromatic carbocycles. The van der Waals surface area contributed by atoms with Crippen LogP contribution in [0, 0.1) is 0 Å². The van der Waals surface area contributed by atoms with Crippen molar-refractivity contribution in [3.8, 4) is 0 Å². The second kappa shape index (κ2) is 6.35. The standard InChI is InChI=1S/C15H17N3S2/c1-18-12(6-7-17-18)11-16-14(15-5-3-9-20-15)10-13-4-2-8-19-13/h2-9,14,16H,10-11H2,1H3. The second-order valence-corrected chi connectivity index (χ2v) is 6.69. The minimum absolute atomic E-state index is 0.364. The van der Waals surface area contributed by atoms with E-state index < -0.39 is 0 Å². The van der Waals surface area contributed by atoms with Gasteiger partial charge in [-0.3, -0.25) is 4.68 Å². The third-order valence-corrected chi connectivity index (χ3v) is 5.21. The van der Waals surface area contributed by atoms with Gasteiger partial charge < -0.3 is 5.32 Å². The van der Waals surface area contributed by atoms with Crippen LogP contribution in [0.3, 0.4) is 0 Å². The van der Waals surface area contributed by atoms with Gasteiger partial charge >= 0.3 is 0 Å². The number of hydrogen-bond acceptors (Lipinski definition) is 4. The Kier molecular flexibility index (Phi) is 4.30.